The molecule has 0 aliphatic rings. The maximum atomic E-state index is 12.6. The van der Waals surface area contributed by atoms with Gasteiger partial charge in [-0.15, -0.1) is 0 Å². The predicted octanol–water partition coefficient (Wildman–Crippen LogP) is 2.60. The van der Waals surface area contributed by atoms with Gasteiger partial charge in [0.2, 0.25) is 0 Å². The molecule has 0 fully saturated rings. The molecule has 0 saturated carbocycles. The van der Waals surface area contributed by atoms with E-state index >= 15 is 0 Å². The van der Waals surface area contributed by atoms with Crippen LogP contribution in [0.4, 0.5) is 0 Å². The second-order valence-electron chi connectivity index (χ2n) is 4.91. The summed E-state index contributed by atoms with van der Waals surface area (Å²) in [6.45, 7) is 1.94. The third kappa shape index (κ3) is 2.67. The summed E-state index contributed by atoms with van der Waals surface area (Å²) in [5.41, 5.74) is 7.01. The Morgan fingerprint density at radius 3 is 2.43 bits per heavy atom. The highest BCUT2D eigenvalue weighted by Gasteiger charge is 2.46. The monoisotopic (exact) mass is 284 g/mol. The Morgan fingerprint density at radius 1 is 1.24 bits per heavy atom. The van der Waals surface area contributed by atoms with Crippen molar-refractivity contribution < 1.29 is 9.53 Å². The number of pyridine rings is 1. The van der Waals surface area contributed by atoms with Gasteiger partial charge in [0.05, 0.1) is 18.8 Å². The average Bonchev–Trinajstić information content (AvgIpc) is 2.57. The van der Waals surface area contributed by atoms with Crippen LogP contribution in [-0.4, -0.2) is 18.1 Å². The van der Waals surface area contributed by atoms with E-state index in [9.17, 15) is 4.79 Å². The molecular weight excluding hydrogens is 264 g/mol. The van der Waals surface area contributed by atoms with Gasteiger partial charge in [-0.25, -0.2) is 0 Å². The molecule has 4 heteroatoms. The van der Waals surface area contributed by atoms with Crippen molar-refractivity contribution in [2.24, 2.45) is 5.73 Å². The van der Waals surface area contributed by atoms with Crippen molar-refractivity contribution in [2.75, 3.05) is 7.11 Å². The lowest BCUT2D eigenvalue weighted by atomic mass is 9.71. The number of nitrogens with zero attached hydrogens (tertiary/aromatic N) is 1. The zero-order valence-electron chi connectivity index (χ0n) is 12.3. The summed E-state index contributed by atoms with van der Waals surface area (Å²) in [5, 5.41) is 0. The Balaban J connectivity index is 2.58. The van der Waals surface area contributed by atoms with Gasteiger partial charge in [-0.1, -0.05) is 43.3 Å². The molecule has 0 aliphatic heterocycles. The van der Waals surface area contributed by atoms with Crippen LogP contribution in [-0.2, 0) is 14.9 Å². The molecule has 2 aromatic rings. The summed E-state index contributed by atoms with van der Waals surface area (Å²) in [5.74, 6) is -0.339. The molecule has 0 unspecified atom stereocenters. The number of carbonyl (C=O) groups is 1. The molecule has 2 rings (SSSR count). The number of esters is 1. The number of hydrogen-bond donors (Lipinski definition) is 1. The van der Waals surface area contributed by atoms with Crippen LogP contribution in [0.5, 0.6) is 0 Å². The Labute approximate surface area is 125 Å². The van der Waals surface area contributed by atoms with Gasteiger partial charge < -0.3 is 10.5 Å². The second-order valence-corrected chi connectivity index (χ2v) is 4.91. The third-order valence-corrected chi connectivity index (χ3v) is 3.93. The van der Waals surface area contributed by atoms with Crippen LogP contribution in [0.15, 0.2) is 54.7 Å². The van der Waals surface area contributed by atoms with Crippen molar-refractivity contribution >= 4 is 5.97 Å². The quantitative estimate of drug-likeness (QED) is 0.857. The van der Waals surface area contributed by atoms with Gasteiger partial charge in [-0.3, -0.25) is 9.78 Å². The lowest BCUT2D eigenvalue weighted by Gasteiger charge is -2.35. The standard InChI is InChI=1S/C17H20N2O2/c1-3-17(16(20)21-2,13-9-5-4-6-10-13)15(18)14-11-7-8-12-19-14/h4-12,15H,3,18H2,1-2H3/t15-,17-/m0/s1. The molecule has 1 heterocycles. The molecule has 1 aromatic carbocycles. The zero-order chi connectivity index (χ0) is 15.3. The van der Waals surface area contributed by atoms with E-state index in [-0.39, 0.29) is 5.97 Å². The SMILES string of the molecule is CC[C@](C(=O)OC)(c1ccccc1)[C@@H](N)c1ccccn1. The fourth-order valence-electron chi connectivity index (χ4n) is 2.72. The van der Waals surface area contributed by atoms with Crippen LogP contribution >= 0.6 is 0 Å². The first-order valence-electron chi connectivity index (χ1n) is 6.97. The van der Waals surface area contributed by atoms with E-state index in [1.54, 1.807) is 6.20 Å². The molecule has 110 valence electrons. The van der Waals surface area contributed by atoms with Crippen molar-refractivity contribution in [3.8, 4) is 0 Å². The summed E-state index contributed by atoms with van der Waals surface area (Å²) in [7, 11) is 1.39. The third-order valence-electron chi connectivity index (χ3n) is 3.93. The fraction of sp³-hybridized carbons (Fsp3) is 0.294. The fourth-order valence-corrected chi connectivity index (χ4v) is 2.72. The van der Waals surface area contributed by atoms with Crippen LogP contribution in [0.1, 0.15) is 30.6 Å². The first-order valence-corrected chi connectivity index (χ1v) is 6.97. The minimum absolute atomic E-state index is 0.339. The summed E-state index contributed by atoms with van der Waals surface area (Å²) < 4.78 is 5.06. The van der Waals surface area contributed by atoms with Crippen LogP contribution in [0, 0.1) is 0 Å². The van der Waals surface area contributed by atoms with Gasteiger partial charge in [-0.05, 0) is 24.1 Å². The minimum atomic E-state index is -0.940. The molecule has 0 bridgehead atoms. The highest BCUT2D eigenvalue weighted by atomic mass is 16.5. The molecule has 0 aliphatic carbocycles. The number of ether oxygens (including phenoxy) is 1. The first kappa shape index (κ1) is 15.2. The van der Waals surface area contributed by atoms with E-state index in [2.05, 4.69) is 4.98 Å². The smallest absolute Gasteiger partial charge is 0.318 e. The van der Waals surface area contributed by atoms with Crippen LogP contribution < -0.4 is 5.73 Å². The van der Waals surface area contributed by atoms with Crippen molar-refractivity contribution in [3.05, 3.63) is 66.0 Å². The first-order chi connectivity index (χ1) is 10.2. The summed E-state index contributed by atoms with van der Waals surface area (Å²) in [4.78, 5) is 16.9. The van der Waals surface area contributed by atoms with Crippen molar-refractivity contribution in [2.45, 2.75) is 24.8 Å². The summed E-state index contributed by atoms with van der Waals surface area (Å²) in [6, 6.07) is 14.5. The molecule has 0 radical (unpaired) electrons. The van der Waals surface area contributed by atoms with E-state index in [4.69, 9.17) is 10.5 Å². The average molecular weight is 284 g/mol. The molecule has 0 saturated heterocycles. The molecule has 2 atom stereocenters. The number of rotatable bonds is 5. The van der Waals surface area contributed by atoms with Crippen LogP contribution in [0.3, 0.4) is 0 Å². The molecule has 4 nitrogen and oxygen atoms in total. The van der Waals surface area contributed by atoms with Gasteiger partial charge in [-0.2, -0.15) is 0 Å². The minimum Gasteiger partial charge on any atom is -0.468 e. The second kappa shape index (κ2) is 6.50. The Hall–Kier alpha value is -2.20. The largest absolute Gasteiger partial charge is 0.468 e. The van der Waals surface area contributed by atoms with Gasteiger partial charge in [0.15, 0.2) is 0 Å². The van der Waals surface area contributed by atoms with E-state index in [0.29, 0.717) is 12.1 Å². The van der Waals surface area contributed by atoms with Crippen molar-refractivity contribution in [1.82, 2.24) is 4.98 Å². The highest BCUT2D eigenvalue weighted by molar-refractivity contribution is 5.84. The molecule has 0 spiro atoms. The topological polar surface area (TPSA) is 65.2 Å². The maximum absolute atomic E-state index is 12.6. The summed E-state index contributed by atoms with van der Waals surface area (Å²) in [6.07, 6.45) is 2.21. The molecule has 2 N–H and O–H groups in total. The number of carbonyl (C=O) groups excluding carboxylic acids is 1. The van der Waals surface area contributed by atoms with E-state index in [1.165, 1.54) is 7.11 Å². The number of benzene rings is 1. The Bertz CT molecular complexity index is 586. The van der Waals surface area contributed by atoms with Gasteiger partial charge >= 0.3 is 5.97 Å². The molecular formula is C17H20N2O2. The number of methoxy groups -OCH3 is 1. The zero-order valence-corrected chi connectivity index (χ0v) is 12.3. The molecule has 1 aromatic heterocycles. The Kier molecular flexibility index (Phi) is 4.70. The number of aromatic nitrogens is 1. The van der Waals surface area contributed by atoms with Crippen molar-refractivity contribution in [1.29, 1.82) is 0 Å². The highest BCUT2D eigenvalue weighted by Crippen LogP contribution is 2.39. The van der Waals surface area contributed by atoms with Gasteiger partial charge in [0.1, 0.15) is 5.41 Å². The van der Waals surface area contributed by atoms with Crippen molar-refractivity contribution in [3.63, 3.8) is 0 Å². The predicted molar refractivity (Wildman–Crippen MR) is 81.6 cm³/mol. The Morgan fingerprint density at radius 2 is 1.90 bits per heavy atom. The van der Waals surface area contributed by atoms with E-state index in [1.807, 2.05) is 55.5 Å². The molecule has 0 amide bonds. The van der Waals surface area contributed by atoms with Gasteiger partial charge in [0.25, 0.3) is 0 Å². The summed E-state index contributed by atoms with van der Waals surface area (Å²) >= 11 is 0. The van der Waals surface area contributed by atoms with Gasteiger partial charge in [0, 0.05) is 6.20 Å². The maximum Gasteiger partial charge on any atom is 0.318 e. The number of nitrogens with two attached hydrogens (primary N) is 1. The lowest BCUT2D eigenvalue weighted by molar-refractivity contribution is -0.149. The lowest BCUT2D eigenvalue weighted by Crippen LogP contribution is -2.46. The van der Waals surface area contributed by atoms with E-state index < -0.39 is 11.5 Å². The van der Waals surface area contributed by atoms with E-state index in [0.717, 1.165) is 5.56 Å². The van der Waals surface area contributed by atoms with Crippen LogP contribution in [0.25, 0.3) is 0 Å². The molecule has 21 heavy (non-hydrogen) atoms. The number of hydrogen-bond acceptors (Lipinski definition) is 4. The normalized spacial score (nSPS) is 15.0. The van der Waals surface area contributed by atoms with Crippen LogP contribution in [0.2, 0.25) is 0 Å².